The molecule has 344 valence electrons. The summed E-state index contributed by atoms with van der Waals surface area (Å²) in [6.07, 6.45) is 12.0. The lowest BCUT2D eigenvalue weighted by molar-refractivity contribution is -0.136. The average molecular weight is 885 g/mol. The fourth-order valence-electron chi connectivity index (χ4n) is 7.63. The van der Waals surface area contributed by atoms with E-state index in [4.69, 9.17) is 19.0 Å². The Morgan fingerprint density at radius 3 is 2.27 bits per heavy atom. The second-order valence-electron chi connectivity index (χ2n) is 15.5. The minimum atomic E-state index is -0.693. The first-order chi connectivity index (χ1) is 31.2. The standard InChI is InChI=1S/C40H47FN8O5.C5H10O.C2H4O2/c1-42-25-36(50)43-18-4-3-7-35-44-24-33(46-35)30-15-12-27(22-31(30)41)9-8-26-10-13-28(14-11-26)32-23-45-38(47-32)34-6-5-19-49(34)39(51)37(48-40(52)53-2)29-16-20-54-21-17-29;1-2-4-6-5-3-1;1-4-2-3/h10-15,22-24,29,34,37,42H,3-7,16-21,25H2,1-2H3,(H,43,50)(H,44,46)(H,45,47)(H,48,52);1-5H2;2H,1H3. The van der Waals surface area contributed by atoms with Gasteiger partial charge in [-0.3, -0.25) is 14.4 Å². The van der Waals surface area contributed by atoms with Crippen LogP contribution in [0, 0.1) is 23.6 Å². The van der Waals surface area contributed by atoms with Gasteiger partial charge < -0.3 is 49.8 Å². The molecule has 17 heteroatoms. The highest BCUT2D eigenvalue weighted by Crippen LogP contribution is 2.34. The lowest BCUT2D eigenvalue weighted by Crippen LogP contribution is -2.53. The van der Waals surface area contributed by atoms with Gasteiger partial charge in [-0.1, -0.05) is 24.0 Å². The number of unbranched alkanes of at least 4 members (excludes halogenated alkanes) is 1. The van der Waals surface area contributed by atoms with Gasteiger partial charge in [0.05, 0.1) is 50.6 Å². The molecule has 3 fully saturated rings. The number of carbonyl (C=O) groups is 4. The van der Waals surface area contributed by atoms with Crippen LogP contribution in [0.25, 0.3) is 22.5 Å². The third-order valence-corrected chi connectivity index (χ3v) is 11.0. The highest BCUT2D eigenvalue weighted by molar-refractivity contribution is 5.86. The Kier molecular flexibility index (Phi) is 20.3. The lowest BCUT2D eigenvalue weighted by atomic mass is 9.90. The van der Waals surface area contributed by atoms with E-state index in [0.29, 0.717) is 81.2 Å². The van der Waals surface area contributed by atoms with Crippen molar-refractivity contribution < 1.29 is 42.5 Å². The third-order valence-electron chi connectivity index (χ3n) is 11.0. The number of aromatic amines is 2. The van der Waals surface area contributed by atoms with Gasteiger partial charge in [-0.05, 0) is 107 Å². The zero-order chi connectivity index (χ0) is 45.5. The van der Waals surface area contributed by atoms with Crippen LogP contribution in [-0.4, -0.2) is 123 Å². The summed E-state index contributed by atoms with van der Waals surface area (Å²) in [6, 6.07) is 11.7. The van der Waals surface area contributed by atoms with E-state index in [-0.39, 0.29) is 23.8 Å². The van der Waals surface area contributed by atoms with Crippen LogP contribution in [0.3, 0.4) is 0 Å². The number of amides is 3. The van der Waals surface area contributed by atoms with E-state index in [1.54, 1.807) is 31.6 Å². The summed E-state index contributed by atoms with van der Waals surface area (Å²) in [5, 5.41) is 8.46. The van der Waals surface area contributed by atoms with Crippen LogP contribution in [-0.2, 0) is 39.8 Å². The van der Waals surface area contributed by atoms with Crippen molar-refractivity contribution in [3.63, 3.8) is 0 Å². The molecule has 2 unspecified atom stereocenters. The molecule has 4 aromatic rings. The normalized spacial score (nSPS) is 16.4. The van der Waals surface area contributed by atoms with E-state index in [1.165, 1.54) is 39.5 Å². The van der Waals surface area contributed by atoms with Crippen molar-refractivity contribution in [3.8, 4) is 34.4 Å². The number of H-pyrrole nitrogens is 2. The van der Waals surface area contributed by atoms with Crippen molar-refractivity contribution in [2.45, 2.75) is 76.3 Å². The van der Waals surface area contributed by atoms with Crippen molar-refractivity contribution in [1.29, 1.82) is 0 Å². The fourth-order valence-corrected chi connectivity index (χ4v) is 7.63. The monoisotopic (exact) mass is 884 g/mol. The number of carbonyl (C=O) groups excluding carboxylic acids is 4. The Labute approximate surface area is 374 Å². The number of nitrogens with one attached hydrogen (secondary N) is 5. The number of likely N-dealkylation sites (N-methyl/N-ethyl adjacent to an activating group) is 1. The number of rotatable bonds is 14. The number of hydrogen-bond donors (Lipinski definition) is 5. The van der Waals surface area contributed by atoms with Gasteiger partial charge in [0, 0.05) is 62.6 Å². The van der Waals surface area contributed by atoms with Gasteiger partial charge in [-0.15, -0.1) is 0 Å². The maximum atomic E-state index is 15.2. The number of likely N-dealkylation sites (tertiary alicyclic amines) is 1. The van der Waals surface area contributed by atoms with Crippen LogP contribution in [0.4, 0.5) is 9.18 Å². The molecular formula is C47H61FN8O8. The van der Waals surface area contributed by atoms with E-state index < -0.39 is 18.0 Å². The molecule has 3 aliphatic rings. The third kappa shape index (κ3) is 15.0. The number of methoxy groups -OCH3 is 2. The summed E-state index contributed by atoms with van der Waals surface area (Å²) in [5.74, 6) is 7.05. The number of aryl methyl sites for hydroxylation is 1. The van der Waals surface area contributed by atoms with Gasteiger partial charge >= 0.3 is 6.09 Å². The predicted molar refractivity (Wildman–Crippen MR) is 238 cm³/mol. The van der Waals surface area contributed by atoms with Gasteiger partial charge in [0.25, 0.3) is 6.47 Å². The molecule has 0 bridgehead atoms. The van der Waals surface area contributed by atoms with E-state index in [2.05, 4.69) is 52.5 Å². The van der Waals surface area contributed by atoms with Gasteiger partial charge in [0.1, 0.15) is 23.5 Å². The van der Waals surface area contributed by atoms with Gasteiger partial charge in [0.15, 0.2) is 0 Å². The molecule has 7 rings (SSSR count). The maximum absolute atomic E-state index is 15.2. The van der Waals surface area contributed by atoms with E-state index in [9.17, 15) is 14.4 Å². The molecule has 2 aromatic carbocycles. The SMILES string of the molecule is C1CCOCC1.CNCC(=O)NCCCCc1ncc(-c2ccc(C#Cc3ccc(-c4cnc(C5CCCN5C(=O)C(NC(=O)OC)C5CCOCC5)[nH]4)cc3)cc2F)[nH]1.COC=O. The minimum absolute atomic E-state index is 0.0309. The fraction of sp³-hybridized carbons (Fsp3) is 0.489. The summed E-state index contributed by atoms with van der Waals surface area (Å²) in [5.41, 5.74) is 4.06. The molecule has 3 aliphatic heterocycles. The Bertz CT molecular complexity index is 2130. The highest BCUT2D eigenvalue weighted by atomic mass is 19.1. The summed E-state index contributed by atoms with van der Waals surface area (Å²) in [4.78, 5) is 64.0. The second kappa shape index (κ2) is 26.5. The van der Waals surface area contributed by atoms with Crippen molar-refractivity contribution in [2.75, 3.05) is 67.3 Å². The van der Waals surface area contributed by atoms with Crippen molar-refractivity contribution >= 4 is 24.4 Å². The smallest absolute Gasteiger partial charge is 0.407 e. The van der Waals surface area contributed by atoms with Crippen molar-refractivity contribution in [2.24, 2.45) is 5.92 Å². The first kappa shape index (κ1) is 48.9. The van der Waals surface area contributed by atoms with E-state index in [0.717, 1.165) is 61.5 Å². The van der Waals surface area contributed by atoms with Crippen LogP contribution < -0.4 is 16.0 Å². The Balaban J connectivity index is 0.000000686. The quantitative estimate of drug-likeness (QED) is 0.0612. The molecule has 5 N–H and O–H groups in total. The number of imidazole rings is 2. The molecule has 0 spiro atoms. The lowest BCUT2D eigenvalue weighted by Gasteiger charge is -2.34. The zero-order valence-corrected chi connectivity index (χ0v) is 37.0. The summed E-state index contributed by atoms with van der Waals surface area (Å²) >= 11 is 0. The number of alkyl carbamates (subject to hydrolysis) is 1. The number of hydrogen-bond acceptors (Lipinski definition) is 11. The zero-order valence-electron chi connectivity index (χ0n) is 37.0. The molecule has 5 heterocycles. The average Bonchev–Trinajstić information content (AvgIpc) is 4.14. The number of halogens is 1. The van der Waals surface area contributed by atoms with Crippen LogP contribution in [0.15, 0.2) is 54.9 Å². The van der Waals surface area contributed by atoms with Crippen LogP contribution in [0.1, 0.15) is 86.6 Å². The van der Waals surface area contributed by atoms with E-state index >= 15 is 4.39 Å². The first-order valence-corrected chi connectivity index (χ1v) is 21.9. The predicted octanol–water partition coefficient (Wildman–Crippen LogP) is 5.45. The molecule has 64 heavy (non-hydrogen) atoms. The Morgan fingerprint density at radius 1 is 0.906 bits per heavy atom. The first-order valence-electron chi connectivity index (χ1n) is 21.9. The molecule has 3 saturated heterocycles. The van der Waals surface area contributed by atoms with Crippen molar-refractivity contribution in [1.82, 2.24) is 40.8 Å². The van der Waals surface area contributed by atoms with Gasteiger partial charge in [-0.2, -0.15) is 0 Å². The second-order valence-corrected chi connectivity index (χ2v) is 15.5. The Morgan fingerprint density at radius 2 is 1.61 bits per heavy atom. The molecule has 16 nitrogen and oxygen atoms in total. The largest absolute Gasteiger partial charge is 0.471 e. The minimum Gasteiger partial charge on any atom is -0.471 e. The number of aromatic nitrogens is 4. The highest BCUT2D eigenvalue weighted by Gasteiger charge is 2.40. The van der Waals surface area contributed by atoms with Gasteiger partial charge in [0.2, 0.25) is 11.8 Å². The van der Waals surface area contributed by atoms with Crippen LogP contribution in [0.5, 0.6) is 0 Å². The summed E-state index contributed by atoms with van der Waals surface area (Å²) in [7, 11) is 4.34. The van der Waals surface area contributed by atoms with Crippen molar-refractivity contribution in [3.05, 3.63) is 83.5 Å². The van der Waals surface area contributed by atoms with E-state index in [1.807, 2.05) is 29.2 Å². The molecule has 0 radical (unpaired) electrons. The summed E-state index contributed by atoms with van der Waals surface area (Å²) in [6.45, 7) is 4.95. The molecule has 2 atom stereocenters. The molecule has 0 saturated carbocycles. The van der Waals surface area contributed by atoms with Crippen LogP contribution >= 0.6 is 0 Å². The number of ether oxygens (including phenoxy) is 4. The molecule has 3 amide bonds. The number of benzene rings is 2. The molecule has 0 aliphatic carbocycles. The summed E-state index contributed by atoms with van der Waals surface area (Å²) < 4.78 is 34.4. The Hall–Kier alpha value is -6.09. The van der Waals surface area contributed by atoms with Crippen LogP contribution in [0.2, 0.25) is 0 Å². The maximum Gasteiger partial charge on any atom is 0.407 e. The molecule has 2 aromatic heterocycles. The number of nitrogens with zero attached hydrogens (tertiary/aromatic N) is 3. The topological polar surface area (TPSA) is 202 Å². The molecular weight excluding hydrogens is 824 g/mol. The van der Waals surface area contributed by atoms with Gasteiger partial charge in [-0.25, -0.2) is 19.2 Å².